The van der Waals surface area contributed by atoms with Crippen LogP contribution in [-0.4, -0.2) is 48.0 Å². The molecule has 1 heterocycles. The third kappa shape index (κ3) is 3.61. The number of nitrogens with one attached hydrogen (secondary N) is 2. The summed E-state index contributed by atoms with van der Waals surface area (Å²) >= 11 is 0. The second-order valence-corrected chi connectivity index (χ2v) is 6.25. The molecular weight excluding hydrogens is 296 g/mol. The molecule has 1 aromatic rings. The fraction of sp³-hybridized carbons (Fsp3) is 0.562. The highest BCUT2D eigenvalue weighted by molar-refractivity contribution is 6.00. The molecule has 2 fully saturated rings. The second-order valence-electron chi connectivity index (χ2n) is 6.25. The number of benzene rings is 1. The van der Waals surface area contributed by atoms with Gasteiger partial charge in [0, 0.05) is 50.0 Å². The van der Waals surface area contributed by atoms with Crippen LogP contribution < -0.4 is 10.6 Å². The number of hydrogen-bond acceptors (Lipinski definition) is 5. The van der Waals surface area contributed by atoms with Gasteiger partial charge in [0.2, 0.25) is 0 Å². The van der Waals surface area contributed by atoms with Crippen LogP contribution in [0.5, 0.6) is 0 Å². The van der Waals surface area contributed by atoms with E-state index in [0.29, 0.717) is 11.3 Å². The Hall–Kier alpha value is -2.15. The van der Waals surface area contributed by atoms with Crippen molar-refractivity contribution in [2.24, 2.45) is 0 Å². The minimum Gasteiger partial charge on any atom is -0.387 e. The predicted molar refractivity (Wildman–Crippen MR) is 87.7 cm³/mol. The molecule has 2 aliphatic rings. The van der Waals surface area contributed by atoms with Crippen molar-refractivity contribution in [3.63, 3.8) is 0 Å². The van der Waals surface area contributed by atoms with E-state index in [1.807, 2.05) is 0 Å². The van der Waals surface area contributed by atoms with Crippen molar-refractivity contribution < 1.29 is 9.72 Å². The Morgan fingerprint density at radius 1 is 1.26 bits per heavy atom. The fourth-order valence-electron chi connectivity index (χ4n) is 3.16. The lowest BCUT2D eigenvalue weighted by Crippen LogP contribution is -2.45. The van der Waals surface area contributed by atoms with Crippen LogP contribution in [0, 0.1) is 10.1 Å². The highest BCUT2D eigenvalue weighted by atomic mass is 16.6. The van der Waals surface area contributed by atoms with E-state index in [9.17, 15) is 14.9 Å². The summed E-state index contributed by atoms with van der Waals surface area (Å²) in [6.45, 7) is 2.03. The van der Waals surface area contributed by atoms with Crippen molar-refractivity contribution >= 4 is 17.3 Å². The molecule has 0 unspecified atom stereocenters. The molecule has 1 aromatic carbocycles. The number of piperidine rings is 1. The number of hydrogen-bond donors (Lipinski definition) is 2. The number of anilines is 1. The van der Waals surface area contributed by atoms with E-state index in [1.54, 1.807) is 13.1 Å². The molecule has 0 atom stereocenters. The zero-order valence-electron chi connectivity index (χ0n) is 13.2. The number of non-ortho nitro benzene ring substituents is 1. The average molecular weight is 318 g/mol. The van der Waals surface area contributed by atoms with Gasteiger partial charge >= 0.3 is 0 Å². The third-order valence-electron chi connectivity index (χ3n) is 4.66. The van der Waals surface area contributed by atoms with Crippen LogP contribution in [0.15, 0.2) is 18.2 Å². The molecule has 2 N–H and O–H groups in total. The Labute approximate surface area is 135 Å². The molecule has 0 radical (unpaired) electrons. The van der Waals surface area contributed by atoms with Crippen molar-refractivity contribution in [1.82, 2.24) is 10.2 Å². The summed E-state index contributed by atoms with van der Waals surface area (Å²) in [5.74, 6) is -0.247. The van der Waals surface area contributed by atoms with Gasteiger partial charge in [-0.05, 0) is 31.7 Å². The van der Waals surface area contributed by atoms with Gasteiger partial charge in [-0.3, -0.25) is 14.9 Å². The molecule has 0 bridgehead atoms. The van der Waals surface area contributed by atoms with Crippen molar-refractivity contribution in [3.8, 4) is 0 Å². The highest BCUT2D eigenvalue weighted by Gasteiger charge is 2.32. The Balaban J connectivity index is 1.65. The van der Waals surface area contributed by atoms with Crippen molar-refractivity contribution in [1.29, 1.82) is 0 Å². The van der Waals surface area contributed by atoms with E-state index >= 15 is 0 Å². The maximum absolute atomic E-state index is 12.5. The molecule has 0 spiro atoms. The maximum atomic E-state index is 12.5. The van der Waals surface area contributed by atoms with Crippen LogP contribution in [0.25, 0.3) is 0 Å². The first-order valence-electron chi connectivity index (χ1n) is 8.09. The molecule has 0 aromatic heterocycles. The monoisotopic (exact) mass is 318 g/mol. The van der Waals surface area contributed by atoms with Crippen molar-refractivity contribution in [2.45, 2.75) is 37.8 Å². The summed E-state index contributed by atoms with van der Waals surface area (Å²) in [6.07, 6.45) is 4.48. The van der Waals surface area contributed by atoms with Crippen LogP contribution in [0.1, 0.15) is 36.0 Å². The first kappa shape index (κ1) is 15.7. The third-order valence-corrected chi connectivity index (χ3v) is 4.66. The SMILES string of the molecule is CNc1ccc([N+](=O)[O-])cc1C(=O)NC1CCN(C2CC2)CC1. The summed E-state index contributed by atoms with van der Waals surface area (Å²) < 4.78 is 0. The smallest absolute Gasteiger partial charge is 0.270 e. The Morgan fingerprint density at radius 3 is 2.52 bits per heavy atom. The average Bonchev–Trinajstić information content (AvgIpc) is 3.39. The number of nitro benzene ring substituents is 1. The van der Waals surface area contributed by atoms with E-state index in [1.165, 1.54) is 25.0 Å². The number of carbonyl (C=O) groups is 1. The Kier molecular flexibility index (Phi) is 4.47. The maximum Gasteiger partial charge on any atom is 0.270 e. The van der Waals surface area contributed by atoms with Gasteiger partial charge in [0.25, 0.3) is 11.6 Å². The quantitative estimate of drug-likeness (QED) is 0.640. The largest absolute Gasteiger partial charge is 0.387 e. The number of nitro groups is 1. The minimum atomic E-state index is -0.482. The lowest BCUT2D eigenvalue weighted by Gasteiger charge is -2.32. The van der Waals surface area contributed by atoms with Gasteiger partial charge in [0.15, 0.2) is 0 Å². The molecule has 1 saturated heterocycles. The summed E-state index contributed by atoms with van der Waals surface area (Å²) in [7, 11) is 1.70. The molecular formula is C16H22N4O3. The van der Waals surface area contributed by atoms with Gasteiger partial charge in [-0.2, -0.15) is 0 Å². The topological polar surface area (TPSA) is 87.5 Å². The zero-order valence-corrected chi connectivity index (χ0v) is 13.2. The Bertz CT molecular complexity index is 607. The Morgan fingerprint density at radius 2 is 1.96 bits per heavy atom. The van der Waals surface area contributed by atoms with Gasteiger partial charge in [0.05, 0.1) is 10.5 Å². The van der Waals surface area contributed by atoms with Crippen LogP contribution in [0.4, 0.5) is 11.4 Å². The van der Waals surface area contributed by atoms with Gasteiger partial charge in [-0.1, -0.05) is 0 Å². The molecule has 1 aliphatic heterocycles. The summed E-state index contributed by atoms with van der Waals surface area (Å²) in [6, 6.07) is 5.21. The van der Waals surface area contributed by atoms with Crippen LogP contribution in [0.3, 0.4) is 0 Å². The number of amides is 1. The molecule has 7 nitrogen and oxygen atoms in total. The van der Waals surface area contributed by atoms with Gasteiger partial charge in [-0.25, -0.2) is 0 Å². The van der Waals surface area contributed by atoms with E-state index in [2.05, 4.69) is 15.5 Å². The standard InChI is InChI=1S/C16H22N4O3/c1-17-15-5-4-13(20(22)23)10-14(15)16(21)18-11-6-8-19(9-7-11)12-2-3-12/h4-5,10-12,17H,2-3,6-9H2,1H3,(H,18,21). The van der Waals surface area contributed by atoms with Crippen molar-refractivity contribution in [2.75, 3.05) is 25.5 Å². The number of likely N-dealkylation sites (tertiary alicyclic amines) is 1. The van der Waals surface area contributed by atoms with Gasteiger partial charge in [-0.15, -0.1) is 0 Å². The van der Waals surface area contributed by atoms with Crippen molar-refractivity contribution in [3.05, 3.63) is 33.9 Å². The predicted octanol–water partition coefficient (Wildman–Crippen LogP) is 1.99. The summed E-state index contributed by atoms with van der Waals surface area (Å²) in [5.41, 5.74) is 0.854. The number of nitrogens with zero attached hydrogens (tertiary/aromatic N) is 2. The molecule has 23 heavy (non-hydrogen) atoms. The lowest BCUT2D eigenvalue weighted by molar-refractivity contribution is -0.384. The summed E-state index contributed by atoms with van der Waals surface area (Å²) in [5, 5.41) is 16.9. The lowest BCUT2D eigenvalue weighted by atomic mass is 10.0. The highest BCUT2D eigenvalue weighted by Crippen LogP contribution is 2.29. The summed E-state index contributed by atoms with van der Waals surface area (Å²) in [4.78, 5) is 25.4. The molecule has 3 rings (SSSR count). The van der Waals surface area contributed by atoms with E-state index in [0.717, 1.165) is 32.0 Å². The molecule has 1 aliphatic carbocycles. The first-order chi connectivity index (χ1) is 11.1. The molecule has 1 amide bonds. The van der Waals surface area contributed by atoms with E-state index in [-0.39, 0.29) is 17.6 Å². The first-order valence-corrected chi connectivity index (χ1v) is 8.09. The van der Waals surface area contributed by atoms with E-state index in [4.69, 9.17) is 0 Å². The number of rotatable bonds is 5. The van der Waals surface area contributed by atoms with Gasteiger partial charge in [0.1, 0.15) is 0 Å². The normalized spacial score (nSPS) is 19.3. The van der Waals surface area contributed by atoms with Crippen LogP contribution in [0.2, 0.25) is 0 Å². The molecule has 124 valence electrons. The van der Waals surface area contributed by atoms with Gasteiger partial charge < -0.3 is 15.5 Å². The van der Waals surface area contributed by atoms with Crippen LogP contribution >= 0.6 is 0 Å². The van der Waals surface area contributed by atoms with Crippen LogP contribution in [-0.2, 0) is 0 Å². The second kappa shape index (κ2) is 6.54. The molecule has 7 heteroatoms. The molecule has 1 saturated carbocycles. The zero-order chi connectivity index (χ0) is 16.4. The number of carbonyl (C=O) groups excluding carboxylic acids is 1. The minimum absolute atomic E-state index is 0.0716. The van der Waals surface area contributed by atoms with E-state index < -0.39 is 4.92 Å². The fourth-order valence-corrected chi connectivity index (χ4v) is 3.16.